The maximum atomic E-state index is 12.4. The van der Waals surface area contributed by atoms with Crippen LogP contribution in [0.4, 0.5) is 5.69 Å². The molecule has 10 heteroatoms. The number of nitro benzene ring substituents is 1. The third kappa shape index (κ3) is 3.92. The highest BCUT2D eigenvalue weighted by Crippen LogP contribution is 2.40. The van der Waals surface area contributed by atoms with Crippen molar-refractivity contribution in [3.05, 3.63) is 80.3 Å². The molecule has 0 aromatic heterocycles. The first-order valence-electron chi connectivity index (χ1n) is 9.45. The van der Waals surface area contributed by atoms with E-state index in [2.05, 4.69) is 21.0 Å². The largest absolute Gasteiger partial charge is 0.446 e. The number of hydrazone groups is 1. The highest BCUT2D eigenvalue weighted by molar-refractivity contribution is 9.10. The minimum Gasteiger partial charge on any atom is -0.446 e. The lowest BCUT2D eigenvalue weighted by Gasteiger charge is -2.21. The maximum Gasteiger partial charge on any atom is 0.313 e. The summed E-state index contributed by atoms with van der Waals surface area (Å²) < 4.78 is 11.5. The summed E-state index contributed by atoms with van der Waals surface area (Å²) >= 11 is 3.23. The zero-order valence-electron chi connectivity index (χ0n) is 16.9. The van der Waals surface area contributed by atoms with E-state index in [9.17, 15) is 19.7 Å². The Morgan fingerprint density at radius 2 is 1.88 bits per heavy atom. The number of carbonyl (C=O) groups is 2. The Hall–Kier alpha value is -3.79. The molecule has 3 aromatic carbocycles. The second-order valence-electron chi connectivity index (χ2n) is 6.96. The van der Waals surface area contributed by atoms with Crippen LogP contribution in [0.5, 0.6) is 5.75 Å². The van der Waals surface area contributed by atoms with Crippen LogP contribution in [0.25, 0.3) is 10.8 Å². The summed E-state index contributed by atoms with van der Waals surface area (Å²) in [6.07, 6.45) is -0.906. The molecular formula is C22H16BrN3O6. The van der Waals surface area contributed by atoms with Crippen LogP contribution in [-0.2, 0) is 14.3 Å². The molecule has 0 bridgehead atoms. The van der Waals surface area contributed by atoms with Gasteiger partial charge in [-0.15, -0.1) is 5.10 Å². The number of amides is 1. The van der Waals surface area contributed by atoms with Gasteiger partial charge >= 0.3 is 11.7 Å². The lowest BCUT2D eigenvalue weighted by Crippen LogP contribution is -2.25. The van der Waals surface area contributed by atoms with Gasteiger partial charge < -0.3 is 9.47 Å². The number of hydrogen-bond acceptors (Lipinski definition) is 7. The fourth-order valence-corrected chi connectivity index (χ4v) is 3.91. The van der Waals surface area contributed by atoms with Crippen molar-refractivity contribution in [3.63, 3.8) is 0 Å². The lowest BCUT2D eigenvalue weighted by molar-refractivity contribution is -0.385. The number of nitro groups is 1. The molecule has 1 heterocycles. The molecule has 0 spiro atoms. The van der Waals surface area contributed by atoms with Crippen LogP contribution in [0.3, 0.4) is 0 Å². The molecule has 0 saturated heterocycles. The van der Waals surface area contributed by atoms with Crippen molar-refractivity contribution in [2.75, 3.05) is 0 Å². The molecule has 32 heavy (non-hydrogen) atoms. The number of ether oxygens (including phenoxy) is 2. The van der Waals surface area contributed by atoms with Gasteiger partial charge in [0.25, 0.3) is 0 Å². The summed E-state index contributed by atoms with van der Waals surface area (Å²) in [5, 5.41) is 18.8. The third-order valence-electron chi connectivity index (χ3n) is 4.76. The molecule has 0 saturated carbocycles. The van der Waals surface area contributed by atoms with Gasteiger partial charge in [-0.25, -0.2) is 0 Å². The number of esters is 1. The predicted molar refractivity (Wildman–Crippen MR) is 119 cm³/mol. The highest BCUT2D eigenvalue weighted by Gasteiger charge is 2.37. The Bertz CT molecular complexity index is 1300. The predicted octanol–water partition coefficient (Wildman–Crippen LogP) is 4.67. The van der Waals surface area contributed by atoms with Gasteiger partial charge in [0.2, 0.25) is 23.8 Å². The van der Waals surface area contributed by atoms with Gasteiger partial charge in [0, 0.05) is 30.0 Å². The Balaban J connectivity index is 1.86. The van der Waals surface area contributed by atoms with Crippen molar-refractivity contribution in [1.82, 2.24) is 5.01 Å². The molecule has 162 valence electrons. The second kappa shape index (κ2) is 8.39. The second-order valence-corrected chi connectivity index (χ2v) is 7.88. The summed E-state index contributed by atoms with van der Waals surface area (Å²) in [5.41, 5.74) is 0.310. The van der Waals surface area contributed by atoms with Crippen molar-refractivity contribution in [2.45, 2.75) is 20.1 Å². The number of fused-ring (bicyclic) bond motifs is 1. The SMILES string of the molecule is CC(=O)Oc1c(C2=NN(C(C)=O)[C@H](c3cccc4ccccc34)O2)cc(Br)cc1[N+](=O)[O-]. The molecule has 1 amide bonds. The van der Waals surface area contributed by atoms with E-state index in [0.717, 1.165) is 22.7 Å². The van der Waals surface area contributed by atoms with E-state index in [1.807, 2.05) is 42.5 Å². The average molecular weight is 498 g/mol. The van der Waals surface area contributed by atoms with Crippen molar-refractivity contribution >= 4 is 50.2 Å². The highest BCUT2D eigenvalue weighted by atomic mass is 79.9. The molecule has 4 rings (SSSR count). The molecule has 1 aliphatic heterocycles. The number of benzene rings is 3. The number of hydrogen-bond donors (Lipinski definition) is 0. The first-order valence-corrected chi connectivity index (χ1v) is 10.2. The van der Waals surface area contributed by atoms with Crippen molar-refractivity contribution in [1.29, 1.82) is 0 Å². The zero-order chi connectivity index (χ0) is 23.0. The van der Waals surface area contributed by atoms with Crippen LogP contribution in [-0.4, -0.2) is 27.7 Å². The number of halogens is 1. The Morgan fingerprint density at radius 1 is 1.16 bits per heavy atom. The van der Waals surface area contributed by atoms with Gasteiger partial charge in [0.1, 0.15) is 0 Å². The standard InChI is InChI=1S/C22H16BrN3O6/c1-12(27)25-22(17-9-5-7-14-6-3-4-8-16(14)17)32-21(24-25)18-10-15(23)11-19(26(29)30)20(18)31-13(2)28/h3-11,22H,1-2H3/t22-/m0/s1. The Labute approximate surface area is 190 Å². The van der Waals surface area contributed by atoms with Crippen LogP contribution in [0.1, 0.15) is 31.2 Å². The minimum atomic E-state index is -0.906. The van der Waals surface area contributed by atoms with Gasteiger partial charge in [-0.05, 0) is 16.8 Å². The lowest BCUT2D eigenvalue weighted by atomic mass is 10.0. The van der Waals surface area contributed by atoms with Crippen LogP contribution < -0.4 is 4.74 Å². The van der Waals surface area contributed by atoms with Gasteiger partial charge in [-0.3, -0.25) is 19.7 Å². The van der Waals surface area contributed by atoms with E-state index in [4.69, 9.17) is 9.47 Å². The van der Waals surface area contributed by atoms with Gasteiger partial charge in [0.15, 0.2) is 0 Å². The zero-order valence-corrected chi connectivity index (χ0v) is 18.5. The number of carbonyl (C=O) groups excluding carboxylic acids is 2. The molecular weight excluding hydrogens is 482 g/mol. The van der Waals surface area contributed by atoms with E-state index >= 15 is 0 Å². The smallest absolute Gasteiger partial charge is 0.313 e. The monoisotopic (exact) mass is 497 g/mol. The van der Waals surface area contributed by atoms with Gasteiger partial charge in [-0.1, -0.05) is 58.4 Å². The summed E-state index contributed by atoms with van der Waals surface area (Å²) in [6, 6.07) is 15.9. The maximum absolute atomic E-state index is 12.4. The molecule has 1 atom stereocenters. The summed E-state index contributed by atoms with van der Waals surface area (Å²) in [6.45, 7) is 2.47. The first kappa shape index (κ1) is 21.4. The Morgan fingerprint density at radius 3 is 2.56 bits per heavy atom. The molecule has 9 nitrogen and oxygen atoms in total. The van der Waals surface area contributed by atoms with Crippen molar-refractivity contribution < 1.29 is 24.0 Å². The summed E-state index contributed by atoms with van der Waals surface area (Å²) in [5.74, 6) is -1.54. The quantitative estimate of drug-likeness (QED) is 0.224. The average Bonchev–Trinajstić information content (AvgIpc) is 3.19. The molecule has 1 aliphatic rings. The normalized spacial score (nSPS) is 15.3. The van der Waals surface area contributed by atoms with E-state index < -0.39 is 28.7 Å². The van der Waals surface area contributed by atoms with Crippen LogP contribution in [0.15, 0.2) is 64.2 Å². The summed E-state index contributed by atoms with van der Waals surface area (Å²) in [4.78, 5) is 34.9. The van der Waals surface area contributed by atoms with E-state index in [-0.39, 0.29) is 17.2 Å². The van der Waals surface area contributed by atoms with E-state index in [1.165, 1.54) is 19.1 Å². The van der Waals surface area contributed by atoms with E-state index in [1.54, 1.807) is 0 Å². The fraction of sp³-hybridized carbons (Fsp3) is 0.136. The van der Waals surface area contributed by atoms with Gasteiger partial charge in [-0.2, -0.15) is 5.01 Å². The van der Waals surface area contributed by atoms with Crippen molar-refractivity contribution in [2.24, 2.45) is 5.10 Å². The van der Waals surface area contributed by atoms with Crippen molar-refractivity contribution in [3.8, 4) is 5.75 Å². The van der Waals surface area contributed by atoms with Crippen LogP contribution in [0.2, 0.25) is 0 Å². The topological polar surface area (TPSA) is 111 Å². The minimum absolute atomic E-state index is 0.0651. The molecule has 0 N–H and O–H groups in total. The van der Waals surface area contributed by atoms with Crippen LogP contribution in [0, 0.1) is 10.1 Å². The van der Waals surface area contributed by atoms with Crippen LogP contribution >= 0.6 is 15.9 Å². The van der Waals surface area contributed by atoms with E-state index in [0.29, 0.717) is 10.0 Å². The Kier molecular flexibility index (Phi) is 5.62. The fourth-order valence-electron chi connectivity index (χ4n) is 3.47. The molecule has 0 radical (unpaired) electrons. The number of nitrogens with zero attached hydrogens (tertiary/aromatic N) is 3. The third-order valence-corrected chi connectivity index (χ3v) is 5.22. The molecule has 3 aromatic rings. The number of rotatable bonds is 4. The molecule has 0 unspecified atom stereocenters. The molecule has 0 fully saturated rings. The van der Waals surface area contributed by atoms with Gasteiger partial charge in [0.05, 0.1) is 10.5 Å². The first-order chi connectivity index (χ1) is 15.3. The summed E-state index contributed by atoms with van der Waals surface area (Å²) in [7, 11) is 0. The molecule has 0 aliphatic carbocycles.